The predicted octanol–water partition coefficient (Wildman–Crippen LogP) is 1.26. The minimum Gasteiger partial charge on any atom is -0.435 e. The molecule has 92 valence electrons. The Morgan fingerprint density at radius 3 is 2.56 bits per heavy atom. The van der Waals surface area contributed by atoms with Gasteiger partial charge in [0.25, 0.3) is 5.91 Å². The van der Waals surface area contributed by atoms with Gasteiger partial charge in [-0.3, -0.25) is 4.79 Å². The molecule has 6 heteroatoms. The summed E-state index contributed by atoms with van der Waals surface area (Å²) in [5, 5.41) is 7.36. The number of hydrogen-bond acceptors (Lipinski definition) is 5. The van der Waals surface area contributed by atoms with Crippen LogP contribution in [0.4, 0.5) is 5.69 Å². The SMILES string of the molecule is Cc1ccc(Oc2ccc(C(N)=O)nn2)c(N)c1. The quantitative estimate of drug-likeness (QED) is 0.791. The Morgan fingerprint density at radius 2 is 2.00 bits per heavy atom. The first kappa shape index (κ1) is 11.8. The standard InChI is InChI=1S/C12H12N4O2/c1-7-2-4-10(8(13)6-7)18-11-5-3-9(12(14)17)15-16-11/h2-6H,13H2,1H3,(H2,14,17). The molecule has 0 aliphatic heterocycles. The van der Waals surface area contributed by atoms with Crippen molar-refractivity contribution < 1.29 is 9.53 Å². The van der Waals surface area contributed by atoms with Gasteiger partial charge in [-0.05, 0) is 30.7 Å². The van der Waals surface area contributed by atoms with Gasteiger partial charge in [0.2, 0.25) is 5.88 Å². The Bertz CT molecular complexity index is 581. The lowest BCUT2D eigenvalue weighted by Crippen LogP contribution is -2.13. The molecule has 0 atom stereocenters. The lowest BCUT2D eigenvalue weighted by Gasteiger charge is -2.07. The molecule has 4 N–H and O–H groups in total. The minimum absolute atomic E-state index is 0.0826. The number of nitrogen functional groups attached to an aromatic ring is 1. The summed E-state index contributed by atoms with van der Waals surface area (Å²) < 4.78 is 5.45. The molecule has 6 nitrogen and oxygen atoms in total. The van der Waals surface area contributed by atoms with Crippen LogP contribution in [0.2, 0.25) is 0 Å². The molecular weight excluding hydrogens is 232 g/mol. The van der Waals surface area contributed by atoms with E-state index in [-0.39, 0.29) is 11.6 Å². The number of ether oxygens (including phenoxy) is 1. The van der Waals surface area contributed by atoms with Crippen molar-refractivity contribution in [3.05, 3.63) is 41.6 Å². The van der Waals surface area contributed by atoms with E-state index in [0.29, 0.717) is 11.4 Å². The molecule has 2 rings (SSSR count). The van der Waals surface area contributed by atoms with E-state index in [1.807, 2.05) is 13.0 Å². The van der Waals surface area contributed by atoms with E-state index in [9.17, 15) is 4.79 Å². The summed E-state index contributed by atoms with van der Waals surface area (Å²) in [5.74, 6) is 0.0983. The van der Waals surface area contributed by atoms with Gasteiger partial charge in [-0.25, -0.2) is 0 Å². The van der Waals surface area contributed by atoms with Gasteiger partial charge in [0, 0.05) is 6.07 Å². The number of nitrogens with zero attached hydrogens (tertiary/aromatic N) is 2. The molecule has 0 radical (unpaired) electrons. The third-order valence-electron chi connectivity index (χ3n) is 2.27. The van der Waals surface area contributed by atoms with Crippen LogP contribution >= 0.6 is 0 Å². The normalized spacial score (nSPS) is 10.1. The van der Waals surface area contributed by atoms with E-state index < -0.39 is 5.91 Å². The number of carbonyl (C=O) groups excluding carboxylic acids is 1. The maximum absolute atomic E-state index is 10.8. The van der Waals surface area contributed by atoms with Crippen molar-refractivity contribution in [1.29, 1.82) is 0 Å². The first-order chi connectivity index (χ1) is 8.56. The van der Waals surface area contributed by atoms with Crippen LogP contribution in [-0.4, -0.2) is 16.1 Å². The highest BCUT2D eigenvalue weighted by Crippen LogP contribution is 2.26. The maximum Gasteiger partial charge on any atom is 0.269 e. The number of aryl methyl sites for hydroxylation is 1. The summed E-state index contributed by atoms with van der Waals surface area (Å²) in [7, 11) is 0. The van der Waals surface area contributed by atoms with E-state index in [4.69, 9.17) is 16.2 Å². The highest BCUT2D eigenvalue weighted by Gasteiger charge is 2.06. The number of primary amides is 1. The fourth-order valence-electron chi connectivity index (χ4n) is 1.38. The van der Waals surface area contributed by atoms with Crippen molar-refractivity contribution in [2.45, 2.75) is 6.92 Å². The maximum atomic E-state index is 10.8. The predicted molar refractivity (Wildman–Crippen MR) is 66.2 cm³/mol. The van der Waals surface area contributed by atoms with Crippen molar-refractivity contribution >= 4 is 11.6 Å². The van der Waals surface area contributed by atoms with Crippen LogP contribution in [0.25, 0.3) is 0 Å². The second kappa shape index (κ2) is 4.70. The molecule has 0 bridgehead atoms. The number of rotatable bonds is 3. The molecule has 2 aromatic rings. The summed E-state index contributed by atoms with van der Waals surface area (Å²) in [5.41, 5.74) is 12.5. The average molecular weight is 244 g/mol. The van der Waals surface area contributed by atoms with E-state index in [1.54, 1.807) is 12.1 Å². The van der Waals surface area contributed by atoms with E-state index in [0.717, 1.165) is 5.56 Å². The fourth-order valence-corrected chi connectivity index (χ4v) is 1.38. The summed E-state index contributed by atoms with van der Waals surface area (Å²) in [6.07, 6.45) is 0. The topological polar surface area (TPSA) is 104 Å². The summed E-state index contributed by atoms with van der Waals surface area (Å²) in [6, 6.07) is 8.35. The van der Waals surface area contributed by atoms with Gasteiger partial charge in [-0.1, -0.05) is 6.07 Å². The number of amides is 1. The Morgan fingerprint density at radius 1 is 1.22 bits per heavy atom. The molecule has 18 heavy (non-hydrogen) atoms. The molecular formula is C12H12N4O2. The third-order valence-corrected chi connectivity index (χ3v) is 2.27. The van der Waals surface area contributed by atoms with Gasteiger partial charge >= 0.3 is 0 Å². The molecule has 0 unspecified atom stereocenters. The highest BCUT2D eigenvalue weighted by atomic mass is 16.5. The summed E-state index contributed by atoms with van der Waals surface area (Å²) in [4.78, 5) is 10.8. The van der Waals surface area contributed by atoms with Crippen LogP contribution in [0.15, 0.2) is 30.3 Å². The molecule has 0 fully saturated rings. The zero-order chi connectivity index (χ0) is 13.1. The number of nitrogens with two attached hydrogens (primary N) is 2. The Hall–Kier alpha value is -2.63. The van der Waals surface area contributed by atoms with Crippen LogP contribution < -0.4 is 16.2 Å². The number of aromatic nitrogens is 2. The van der Waals surface area contributed by atoms with Gasteiger partial charge in [0.05, 0.1) is 5.69 Å². The Labute approximate surface area is 104 Å². The van der Waals surface area contributed by atoms with Crippen molar-refractivity contribution in [3.8, 4) is 11.6 Å². The van der Waals surface area contributed by atoms with Gasteiger partial charge in [-0.15, -0.1) is 10.2 Å². The minimum atomic E-state index is -0.635. The molecule has 0 saturated carbocycles. The zero-order valence-corrected chi connectivity index (χ0v) is 9.75. The number of benzene rings is 1. The smallest absolute Gasteiger partial charge is 0.269 e. The van der Waals surface area contributed by atoms with Gasteiger partial charge < -0.3 is 16.2 Å². The fraction of sp³-hybridized carbons (Fsp3) is 0.0833. The molecule has 1 amide bonds. The molecule has 0 aliphatic rings. The van der Waals surface area contributed by atoms with Crippen LogP contribution in [0.5, 0.6) is 11.6 Å². The van der Waals surface area contributed by atoms with Crippen molar-refractivity contribution in [2.24, 2.45) is 5.73 Å². The summed E-state index contributed by atoms with van der Waals surface area (Å²) in [6.45, 7) is 1.93. The van der Waals surface area contributed by atoms with Crippen LogP contribution in [0.3, 0.4) is 0 Å². The van der Waals surface area contributed by atoms with Crippen molar-refractivity contribution in [2.75, 3.05) is 5.73 Å². The largest absolute Gasteiger partial charge is 0.435 e. The van der Waals surface area contributed by atoms with E-state index >= 15 is 0 Å². The number of carbonyl (C=O) groups is 1. The monoisotopic (exact) mass is 244 g/mol. The van der Waals surface area contributed by atoms with Crippen LogP contribution in [0, 0.1) is 6.92 Å². The lowest BCUT2D eigenvalue weighted by atomic mass is 10.2. The van der Waals surface area contributed by atoms with Gasteiger partial charge in [0.1, 0.15) is 0 Å². The lowest BCUT2D eigenvalue weighted by molar-refractivity contribution is 0.0994. The van der Waals surface area contributed by atoms with Gasteiger partial charge in [0.15, 0.2) is 11.4 Å². The first-order valence-corrected chi connectivity index (χ1v) is 5.24. The third kappa shape index (κ3) is 2.54. The second-order valence-corrected chi connectivity index (χ2v) is 3.76. The van der Waals surface area contributed by atoms with Crippen molar-refractivity contribution in [1.82, 2.24) is 10.2 Å². The molecule has 1 aromatic heterocycles. The molecule has 0 spiro atoms. The number of hydrogen-bond donors (Lipinski definition) is 2. The van der Waals surface area contributed by atoms with Crippen LogP contribution in [0.1, 0.15) is 16.1 Å². The number of anilines is 1. The second-order valence-electron chi connectivity index (χ2n) is 3.76. The average Bonchev–Trinajstić information content (AvgIpc) is 2.33. The highest BCUT2D eigenvalue weighted by molar-refractivity contribution is 5.90. The Balaban J connectivity index is 2.21. The molecule has 0 aliphatic carbocycles. The van der Waals surface area contributed by atoms with Crippen molar-refractivity contribution in [3.63, 3.8) is 0 Å². The molecule has 1 heterocycles. The summed E-state index contributed by atoms with van der Waals surface area (Å²) >= 11 is 0. The molecule has 1 aromatic carbocycles. The Kier molecular flexibility index (Phi) is 3.09. The van der Waals surface area contributed by atoms with E-state index in [2.05, 4.69) is 10.2 Å². The van der Waals surface area contributed by atoms with E-state index in [1.165, 1.54) is 12.1 Å². The van der Waals surface area contributed by atoms with Crippen LogP contribution in [-0.2, 0) is 0 Å². The molecule has 0 saturated heterocycles. The first-order valence-electron chi connectivity index (χ1n) is 5.24. The van der Waals surface area contributed by atoms with Gasteiger partial charge in [-0.2, -0.15) is 0 Å². The zero-order valence-electron chi connectivity index (χ0n) is 9.75.